The molecule has 2 aliphatic rings. The number of para-hydroxylation sites is 1. The Labute approximate surface area is 175 Å². The highest BCUT2D eigenvalue weighted by atomic mass is 16.2. The maximum absolute atomic E-state index is 13.2. The molecule has 2 atom stereocenters. The molecule has 2 aromatic carbocycles. The van der Waals surface area contributed by atoms with Gasteiger partial charge >= 0.3 is 0 Å². The van der Waals surface area contributed by atoms with E-state index in [1.54, 1.807) is 4.90 Å². The molecule has 2 fully saturated rings. The number of amides is 2. The minimum Gasteiger partial charge on any atom is -0.361 e. The molecule has 1 aromatic heterocycles. The van der Waals surface area contributed by atoms with Crippen LogP contribution in [0, 0.1) is 6.92 Å². The van der Waals surface area contributed by atoms with Gasteiger partial charge in [0.1, 0.15) is 12.1 Å². The Hall–Kier alpha value is -3.12. The van der Waals surface area contributed by atoms with Crippen molar-refractivity contribution in [1.29, 1.82) is 0 Å². The molecule has 30 heavy (non-hydrogen) atoms. The van der Waals surface area contributed by atoms with Crippen LogP contribution in [0.5, 0.6) is 0 Å². The molecule has 3 aromatic rings. The average Bonchev–Trinajstić information content (AvgIpc) is 3.16. The van der Waals surface area contributed by atoms with E-state index in [0.29, 0.717) is 19.5 Å². The summed E-state index contributed by atoms with van der Waals surface area (Å²) in [6, 6.07) is 15.6. The van der Waals surface area contributed by atoms with Crippen LogP contribution >= 0.6 is 0 Å². The zero-order chi connectivity index (χ0) is 20.7. The van der Waals surface area contributed by atoms with E-state index in [9.17, 15) is 9.59 Å². The minimum atomic E-state index is -0.503. The Kier molecular flexibility index (Phi) is 4.79. The molecule has 3 heterocycles. The van der Waals surface area contributed by atoms with Crippen molar-refractivity contribution in [3.05, 3.63) is 71.4 Å². The van der Waals surface area contributed by atoms with Gasteiger partial charge in [0.25, 0.3) is 0 Å². The van der Waals surface area contributed by atoms with Gasteiger partial charge in [-0.1, -0.05) is 48.0 Å². The molecule has 0 unspecified atom stereocenters. The first-order valence-corrected chi connectivity index (χ1v) is 10.5. The number of aryl methyl sites for hydroxylation is 1. The van der Waals surface area contributed by atoms with Gasteiger partial charge in [-0.25, -0.2) is 0 Å². The van der Waals surface area contributed by atoms with Crippen molar-refractivity contribution in [1.82, 2.24) is 20.1 Å². The Morgan fingerprint density at radius 1 is 1.03 bits per heavy atom. The summed E-state index contributed by atoms with van der Waals surface area (Å²) < 4.78 is 0. The van der Waals surface area contributed by atoms with Gasteiger partial charge in [0, 0.05) is 49.7 Å². The number of benzene rings is 2. The van der Waals surface area contributed by atoms with Crippen molar-refractivity contribution in [3.8, 4) is 0 Å². The van der Waals surface area contributed by atoms with Gasteiger partial charge in [-0.2, -0.15) is 0 Å². The molecule has 2 saturated heterocycles. The number of hydrogen-bond acceptors (Lipinski definition) is 3. The van der Waals surface area contributed by atoms with Crippen LogP contribution < -0.4 is 5.32 Å². The molecule has 0 aliphatic carbocycles. The fourth-order valence-corrected chi connectivity index (χ4v) is 4.61. The standard InChI is InChI=1S/C24H26N4O2/c1-16-6-8-17(9-7-16)14-27-10-11-28-22(15-27)23(29)26-21(24(28)30)12-18-13-25-20-5-3-2-4-19(18)20/h2-9,13,21-22,25H,10-12,14-15H2,1H3,(H,26,29)/t21-,22+/m0/s1. The summed E-state index contributed by atoms with van der Waals surface area (Å²) in [6.45, 7) is 4.82. The number of fused-ring (bicyclic) bond motifs is 2. The lowest BCUT2D eigenvalue weighted by Crippen LogP contribution is -2.69. The molecule has 6 nitrogen and oxygen atoms in total. The fraction of sp³-hybridized carbons (Fsp3) is 0.333. The summed E-state index contributed by atoms with van der Waals surface area (Å²) in [4.78, 5) is 33.3. The van der Waals surface area contributed by atoms with Gasteiger partial charge in [-0.05, 0) is 24.1 Å². The first-order chi connectivity index (χ1) is 14.6. The van der Waals surface area contributed by atoms with Crippen LogP contribution in [-0.2, 0) is 22.6 Å². The highest BCUT2D eigenvalue weighted by Crippen LogP contribution is 2.23. The van der Waals surface area contributed by atoms with Crippen molar-refractivity contribution in [2.75, 3.05) is 19.6 Å². The summed E-state index contributed by atoms with van der Waals surface area (Å²) in [5, 5.41) is 4.09. The van der Waals surface area contributed by atoms with Crippen molar-refractivity contribution in [2.45, 2.75) is 32.0 Å². The number of H-pyrrole nitrogens is 1. The molecule has 0 bridgehead atoms. The monoisotopic (exact) mass is 402 g/mol. The Balaban J connectivity index is 1.28. The highest BCUT2D eigenvalue weighted by molar-refractivity contribution is 5.98. The summed E-state index contributed by atoms with van der Waals surface area (Å²) in [5.74, 6) is -0.0204. The van der Waals surface area contributed by atoms with Gasteiger partial charge in [0.2, 0.25) is 11.8 Å². The molecule has 0 radical (unpaired) electrons. The van der Waals surface area contributed by atoms with Gasteiger partial charge < -0.3 is 15.2 Å². The topological polar surface area (TPSA) is 68.4 Å². The zero-order valence-corrected chi connectivity index (χ0v) is 17.1. The fourth-order valence-electron chi connectivity index (χ4n) is 4.61. The lowest BCUT2D eigenvalue weighted by atomic mass is 9.98. The van der Waals surface area contributed by atoms with E-state index < -0.39 is 12.1 Å². The number of carbonyl (C=O) groups excluding carboxylic acids is 2. The summed E-state index contributed by atoms with van der Waals surface area (Å²) >= 11 is 0. The van der Waals surface area contributed by atoms with Crippen molar-refractivity contribution in [3.63, 3.8) is 0 Å². The number of nitrogens with zero attached hydrogens (tertiary/aromatic N) is 2. The van der Waals surface area contributed by atoms with E-state index in [2.05, 4.69) is 46.4 Å². The van der Waals surface area contributed by atoms with Gasteiger partial charge in [-0.15, -0.1) is 0 Å². The van der Waals surface area contributed by atoms with Crippen LogP contribution in [-0.4, -0.2) is 58.3 Å². The maximum atomic E-state index is 13.2. The third-order valence-corrected chi connectivity index (χ3v) is 6.29. The molecule has 2 N–H and O–H groups in total. The van der Waals surface area contributed by atoms with Gasteiger partial charge in [-0.3, -0.25) is 14.5 Å². The number of piperazine rings is 2. The lowest BCUT2D eigenvalue weighted by molar-refractivity contribution is -0.153. The van der Waals surface area contributed by atoms with Crippen LogP contribution in [0.15, 0.2) is 54.7 Å². The Bertz CT molecular complexity index is 1090. The van der Waals surface area contributed by atoms with Crippen molar-refractivity contribution in [2.24, 2.45) is 0 Å². The second-order valence-electron chi connectivity index (χ2n) is 8.39. The smallest absolute Gasteiger partial charge is 0.246 e. The summed E-state index contributed by atoms with van der Waals surface area (Å²) in [5.41, 5.74) is 4.57. The molecule has 0 spiro atoms. The minimum absolute atomic E-state index is 0.0277. The van der Waals surface area contributed by atoms with E-state index in [4.69, 9.17) is 0 Å². The largest absolute Gasteiger partial charge is 0.361 e. The molecule has 2 amide bonds. The van der Waals surface area contributed by atoms with Crippen molar-refractivity contribution < 1.29 is 9.59 Å². The lowest BCUT2D eigenvalue weighted by Gasteiger charge is -2.45. The second-order valence-corrected chi connectivity index (χ2v) is 8.39. The van der Waals surface area contributed by atoms with E-state index in [-0.39, 0.29) is 11.8 Å². The molecular weight excluding hydrogens is 376 g/mol. The normalized spacial score (nSPS) is 22.2. The van der Waals surface area contributed by atoms with Crippen LogP contribution in [0.25, 0.3) is 10.9 Å². The molecule has 0 saturated carbocycles. The van der Waals surface area contributed by atoms with Crippen LogP contribution in [0.1, 0.15) is 16.7 Å². The molecule has 5 rings (SSSR count). The molecule has 2 aliphatic heterocycles. The van der Waals surface area contributed by atoms with E-state index in [1.165, 1.54) is 11.1 Å². The third-order valence-electron chi connectivity index (χ3n) is 6.29. The number of aromatic amines is 1. The quantitative estimate of drug-likeness (QED) is 0.703. The zero-order valence-electron chi connectivity index (χ0n) is 17.1. The predicted octanol–water partition coefficient (Wildman–Crippen LogP) is 2.23. The second kappa shape index (κ2) is 7.61. The first-order valence-electron chi connectivity index (χ1n) is 10.5. The Morgan fingerprint density at radius 3 is 2.67 bits per heavy atom. The number of nitrogens with one attached hydrogen (secondary N) is 2. The SMILES string of the molecule is Cc1ccc(CN2CCN3C(=O)[C@H](Cc4c[nH]c5ccccc45)NC(=O)[C@H]3C2)cc1. The van der Waals surface area contributed by atoms with Crippen LogP contribution in [0.3, 0.4) is 0 Å². The number of rotatable bonds is 4. The van der Waals surface area contributed by atoms with Gasteiger partial charge in [0.05, 0.1) is 0 Å². The highest BCUT2D eigenvalue weighted by Gasteiger charge is 2.43. The van der Waals surface area contributed by atoms with E-state index >= 15 is 0 Å². The summed E-state index contributed by atoms with van der Waals surface area (Å²) in [6.07, 6.45) is 2.45. The maximum Gasteiger partial charge on any atom is 0.246 e. The number of hydrogen-bond donors (Lipinski definition) is 2. The predicted molar refractivity (Wildman–Crippen MR) is 116 cm³/mol. The third kappa shape index (κ3) is 3.48. The first kappa shape index (κ1) is 18.9. The Morgan fingerprint density at radius 2 is 1.83 bits per heavy atom. The number of carbonyl (C=O) groups is 2. The van der Waals surface area contributed by atoms with E-state index in [1.807, 2.05) is 30.5 Å². The molecular formula is C24H26N4O2. The van der Waals surface area contributed by atoms with E-state index in [0.717, 1.165) is 29.6 Å². The average molecular weight is 402 g/mol. The van der Waals surface area contributed by atoms with Crippen LogP contribution in [0.4, 0.5) is 0 Å². The van der Waals surface area contributed by atoms with Gasteiger partial charge in [0.15, 0.2) is 0 Å². The number of aromatic nitrogens is 1. The van der Waals surface area contributed by atoms with Crippen molar-refractivity contribution >= 4 is 22.7 Å². The molecule has 154 valence electrons. The van der Waals surface area contributed by atoms with Crippen LogP contribution in [0.2, 0.25) is 0 Å². The molecule has 6 heteroatoms. The summed E-state index contributed by atoms with van der Waals surface area (Å²) in [7, 11) is 0.